The van der Waals surface area contributed by atoms with E-state index in [0.717, 1.165) is 5.56 Å². The molecule has 0 radical (unpaired) electrons. The number of aryl methyl sites for hydroxylation is 1. The van der Waals surface area contributed by atoms with Crippen molar-refractivity contribution in [3.05, 3.63) is 119 Å². The molecule has 3 heterocycles. The summed E-state index contributed by atoms with van der Waals surface area (Å²) in [4.78, 5) is 32.5. The second-order valence-corrected chi connectivity index (χ2v) is 9.32. The topological polar surface area (TPSA) is 106 Å². The minimum atomic E-state index is -0.916. The summed E-state index contributed by atoms with van der Waals surface area (Å²) in [6.45, 7) is 5.92. The van der Waals surface area contributed by atoms with Gasteiger partial charge in [-0.15, -0.1) is 5.10 Å². The van der Waals surface area contributed by atoms with E-state index in [9.17, 15) is 14.7 Å². The molecule has 4 aromatic rings. The zero-order valence-electron chi connectivity index (χ0n) is 21.2. The Labute approximate surface area is 220 Å². The lowest BCUT2D eigenvalue weighted by Crippen LogP contribution is -2.32. The Morgan fingerprint density at radius 2 is 1.68 bits per heavy atom. The van der Waals surface area contributed by atoms with E-state index in [1.54, 1.807) is 73.8 Å². The van der Waals surface area contributed by atoms with Crippen molar-refractivity contribution in [3.63, 3.8) is 0 Å². The lowest BCUT2D eigenvalue weighted by molar-refractivity contribution is -0.117. The molecule has 1 aliphatic rings. The standard InChI is InChI=1S/C30H26N4O4/c1-18(2)20-8-10-22(11-9-20)28(35)26-27(34(30(37)29(26)36)24-16-7-19(3)32-33-24)21-12-14-23(15-13-21)38-25-6-4-5-17-31-25/h4-18,27,36H,1-3H3. The summed E-state index contributed by atoms with van der Waals surface area (Å²) in [5, 5.41) is 19.2. The van der Waals surface area contributed by atoms with Crippen molar-refractivity contribution in [2.24, 2.45) is 0 Å². The third-order valence-corrected chi connectivity index (χ3v) is 6.38. The molecule has 1 amide bonds. The van der Waals surface area contributed by atoms with Crippen LogP contribution in [0, 0.1) is 6.92 Å². The van der Waals surface area contributed by atoms with Crippen molar-refractivity contribution in [2.45, 2.75) is 32.7 Å². The summed E-state index contributed by atoms with van der Waals surface area (Å²) in [5.74, 6) is -0.269. The predicted octanol–water partition coefficient (Wildman–Crippen LogP) is 5.88. The minimum Gasteiger partial charge on any atom is -0.503 e. The highest BCUT2D eigenvalue weighted by Crippen LogP contribution is 2.41. The molecule has 1 atom stereocenters. The molecule has 5 rings (SSSR count). The fourth-order valence-electron chi connectivity index (χ4n) is 4.33. The van der Waals surface area contributed by atoms with E-state index in [2.05, 4.69) is 29.0 Å². The largest absolute Gasteiger partial charge is 0.503 e. The van der Waals surface area contributed by atoms with E-state index in [1.165, 1.54) is 4.90 Å². The molecule has 0 spiro atoms. The Hall–Kier alpha value is -4.85. The number of aliphatic hydroxyl groups is 1. The normalized spacial score (nSPS) is 15.3. The number of anilines is 1. The number of carbonyl (C=O) groups is 2. The van der Waals surface area contributed by atoms with Crippen molar-refractivity contribution in [1.29, 1.82) is 0 Å². The number of Topliss-reactive ketones (excluding diaryl/α,β-unsaturated/α-hetero) is 1. The Bertz CT molecular complexity index is 1500. The highest BCUT2D eigenvalue weighted by molar-refractivity contribution is 6.20. The molecular formula is C30H26N4O4. The molecule has 0 bridgehead atoms. The van der Waals surface area contributed by atoms with E-state index in [4.69, 9.17) is 4.74 Å². The van der Waals surface area contributed by atoms with Gasteiger partial charge in [0.15, 0.2) is 17.4 Å². The zero-order valence-corrected chi connectivity index (χ0v) is 21.2. The summed E-state index contributed by atoms with van der Waals surface area (Å²) >= 11 is 0. The number of aliphatic hydroxyl groups excluding tert-OH is 1. The van der Waals surface area contributed by atoms with Crippen molar-refractivity contribution in [3.8, 4) is 11.6 Å². The van der Waals surface area contributed by atoms with Gasteiger partial charge in [-0.05, 0) is 54.3 Å². The quantitative estimate of drug-likeness (QED) is 0.312. The average Bonchev–Trinajstić information content (AvgIpc) is 3.20. The third-order valence-electron chi connectivity index (χ3n) is 6.38. The van der Waals surface area contributed by atoms with Gasteiger partial charge in [-0.3, -0.25) is 14.5 Å². The fourth-order valence-corrected chi connectivity index (χ4v) is 4.33. The van der Waals surface area contributed by atoms with E-state index < -0.39 is 23.5 Å². The number of amides is 1. The number of ketones is 1. The summed E-state index contributed by atoms with van der Waals surface area (Å²) in [6.07, 6.45) is 1.63. The second kappa shape index (κ2) is 10.3. The number of ether oxygens (including phenoxy) is 1. The maximum Gasteiger partial charge on any atom is 0.295 e. The number of hydrogen-bond acceptors (Lipinski definition) is 7. The van der Waals surface area contributed by atoms with Crippen LogP contribution in [0.25, 0.3) is 0 Å². The van der Waals surface area contributed by atoms with Crippen molar-refractivity contribution < 1.29 is 19.4 Å². The predicted molar refractivity (Wildman–Crippen MR) is 142 cm³/mol. The third kappa shape index (κ3) is 4.76. The summed E-state index contributed by atoms with van der Waals surface area (Å²) in [6, 6.07) is 22.0. The van der Waals surface area contributed by atoms with Gasteiger partial charge in [0, 0.05) is 17.8 Å². The number of benzene rings is 2. The van der Waals surface area contributed by atoms with Crippen molar-refractivity contribution >= 4 is 17.5 Å². The van der Waals surface area contributed by atoms with E-state index in [-0.39, 0.29) is 11.4 Å². The number of hydrogen-bond donors (Lipinski definition) is 1. The van der Waals surface area contributed by atoms with Gasteiger partial charge < -0.3 is 9.84 Å². The van der Waals surface area contributed by atoms with Gasteiger partial charge in [0.25, 0.3) is 5.91 Å². The number of rotatable bonds is 7. The maximum absolute atomic E-state index is 13.7. The van der Waals surface area contributed by atoms with E-state index in [1.807, 2.05) is 18.2 Å². The van der Waals surface area contributed by atoms with Crippen LogP contribution in [0.1, 0.15) is 53.0 Å². The van der Waals surface area contributed by atoms with Crippen LogP contribution in [0.3, 0.4) is 0 Å². The van der Waals surface area contributed by atoms with Gasteiger partial charge in [0.2, 0.25) is 5.88 Å². The molecule has 0 aliphatic carbocycles. The van der Waals surface area contributed by atoms with Crippen LogP contribution in [0.5, 0.6) is 11.6 Å². The Balaban J connectivity index is 1.55. The van der Waals surface area contributed by atoms with Crippen molar-refractivity contribution in [1.82, 2.24) is 15.2 Å². The molecule has 190 valence electrons. The minimum absolute atomic E-state index is 0.0203. The lowest BCUT2D eigenvalue weighted by atomic mass is 9.91. The van der Waals surface area contributed by atoms with Gasteiger partial charge in [0.1, 0.15) is 5.75 Å². The highest BCUT2D eigenvalue weighted by Gasteiger charge is 2.45. The molecule has 0 fully saturated rings. The molecule has 1 unspecified atom stereocenters. The molecular weight excluding hydrogens is 480 g/mol. The summed E-state index contributed by atoms with van der Waals surface area (Å²) < 4.78 is 5.79. The highest BCUT2D eigenvalue weighted by atomic mass is 16.5. The molecule has 8 nitrogen and oxygen atoms in total. The molecule has 2 aromatic carbocycles. The van der Waals surface area contributed by atoms with Crippen LogP contribution >= 0.6 is 0 Å². The Morgan fingerprint density at radius 3 is 2.29 bits per heavy atom. The SMILES string of the molecule is Cc1ccc(N2C(=O)C(O)=C(C(=O)c3ccc(C(C)C)cc3)C2c2ccc(Oc3ccccn3)cc2)nn1. The van der Waals surface area contributed by atoms with Gasteiger partial charge in [-0.25, -0.2) is 4.98 Å². The fraction of sp³-hybridized carbons (Fsp3) is 0.167. The molecule has 8 heteroatoms. The number of carbonyl (C=O) groups excluding carboxylic acids is 2. The van der Waals surface area contributed by atoms with Crippen molar-refractivity contribution in [2.75, 3.05) is 4.90 Å². The molecule has 0 saturated carbocycles. The first-order valence-electron chi connectivity index (χ1n) is 12.2. The van der Waals surface area contributed by atoms with Gasteiger partial charge in [0.05, 0.1) is 17.3 Å². The first-order valence-corrected chi connectivity index (χ1v) is 12.2. The molecule has 0 saturated heterocycles. The molecule has 38 heavy (non-hydrogen) atoms. The monoisotopic (exact) mass is 506 g/mol. The molecule has 1 N–H and O–H groups in total. The summed E-state index contributed by atoms with van der Waals surface area (Å²) in [7, 11) is 0. The van der Waals surface area contributed by atoms with Crippen LogP contribution in [0.15, 0.2) is 96.4 Å². The van der Waals surface area contributed by atoms with Gasteiger partial charge in [-0.1, -0.05) is 56.3 Å². The zero-order chi connectivity index (χ0) is 26.8. The average molecular weight is 507 g/mol. The van der Waals surface area contributed by atoms with Crippen LogP contribution in [-0.4, -0.2) is 32.0 Å². The van der Waals surface area contributed by atoms with E-state index >= 15 is 0 Å². The van der Waals surface area contributed by atoms with Crippen LogP contribution < -0.4 is 9.64 Å². The Morgan fingerprint density at radius 1 is 0.947 bits per heavy atom. The second-order valence-electron chi connectivity index (χ2n) is 9.32. The van der Waals surface area contributed by atoms with Crippen LogP contribution in [-0.2, 0) is 4.79 Å². The lowest BCUT2D eigenvalue weighted by Gasteiger charge is -2.25. The number of nitrogens with zero attached hydrogens (tertiary/aromatic N) is 4. The smallest absolute Gasteiger partial charge is 0.295 e. The summed E-state index contributed by atoms with van der Waals surface area (Å²) in [5.41, 5.74) is 2.71. The number of pyridine rings is 1. The Kier molecular flexibility index (Phi) is 6.70. The first kappa shape index (κ1) is 24.8. The molecule has 2 aromatic heterocycles. The van der Waals surface area contributed by atoms with Gasteiger partial charge in [-0.2, -0.15) is 5.10 Å². The maximum atomic E-state index is 13.7. The van der Waals surface area contributed by atoms with Crippen LogP contribution in [0.4, 0.5) is 5.82 Å². The first-order chi connectivity index (χ1) is 18.3. The van der Waals surface area contributed by atoms with Gasteiger partial charge >= 0.3 is 0 Å². The van der Waals surface area contributed by atoms with Crippen LogP contribution in [0.2, 0.25) is 0 Å². The number of aromatic nitrogens is 3. The van der Waals surface area contributed by atoms with E-state index in [0.29, 0.717) is 34.4 Å². The molecule has 1 aliphatic heterocycles.